The van der Waals surface area contributed by atoms with E-state index in [0.717, 1.165) is 32.7 Å². The molecule has 2 N–H and O–H groups in total. The maximum Gasteiger partial charge on any atom is 0.0791 e. The highest BCUT2D eigenvalue weighted by atomic mass is 16.3. The van der Waals surface area contributed by atoms with Gasteiger partial charge in [0.1, 0.15) is 0 Å². The van der Waals surface area contributed by atoms with Crippen molar-refractivity contribution in [2.75, 3.05) is 39.3 Å². The molecule has 0 bridgehead atoms. The maximum absolute atomic E-state index is 10.1. The van der Waals surface area contributed by atoms with E-state index in [4.69, 9.17) is 0 Å². The second kappa shape index (κ2) is 7.58. The van der Waals surface area contributed by atoms with Crippen LogP contribution in [0.5, 0.6) is 0 Å². The van der Waals surface area contributed by atoms with Crippen LogP contribution in [0.3, 0.4) is 0 Å². The number of rotatable bonds is 6. The van der Waals surface area contributed by atoms with Gasteiger partial charge in [-0.2, -0.15) is 0 Å². The quantitative estimate of drug-likeness (QED) is 0.760. The van der Waals surface area contributed by atoms with E-state index in [-0.39, 0.29) is 11.6 Å². The molecule has 4 nitrogen and oxygen atoms in total. The summed E-state index contributed by atoms with van der Waals surface area (Å²) in [5, 5.41) is 13.4. The third kappa shape index (κ3) is 6.70. The van der Waals surface area contributed by atoms with Crippen LogP contribution in [-0.2, 0) is 0 Å². The van der Waals surface area contributed by atoms with Gasteiger partial charge in [0.25, 0.3) is 0 Å². The number of aliphatic hydroxyl groups excluding tert-OH is 1. The minimum Gasteiger partial charge on any atom is -0.390 e. The van der Waals surface area contributed by atoms with E-state index in [9.17, 15) is 5.11 Å². The zero-order valence-electron chi connectivity index (χ0n) is 13.4. The molecule has 0 aromatic carbocycles. The average molecular weight is 271 g/mol. The summed E-state index contributed by atoms with van der Waals surface area (Å²) in [6, 6.07) is 0.689. The molecule has 0 radical (unpaired) electrons. The number of aliphatic hydroxyl groups is 1. The number of nitrogens with zero attached hydrogens (tertiary/aromatic N) is 2. The monoisotopic (exact) mass is 271 g/mol. The van der Waals surface area contributed by atoms with Crippen molar-refractivity contribution >= 4 is 0 Å². The molecule has 1 aliphatic rings. The van der Waals surface area contributed by atoms with Gasteiger partial charge in [0, 0.05) is 50.8 Å². The molecule has 114 valence electrons. The summed E-state index contributed by atoms with van der Waals surface area (Å²) in [6.07, 6.45) is 0.951. The minimum atomic E-state index is -0.269. The molecular formula is C15H33N3O. The van der Waals surface area contributed by atoms with Crippen molar-refractivity contribution in [3.63, 3.8) is 0 Å². The van der Waals surface area contributed by atoms with E-state index in [1.807, 2.05) is 0 Å². The lowest BCUT2D eigenvalue weighted by molar-refractivity contribution is 0.0564. The van der Waals surface area contributed by atoms with Gasteiger partial charge < -0.3 is 10.4 Å². The molecule has 1 fully saturated rings. The first-order valence-corrected chi connectivity index (χ1v) is 7.71. The molecule has 1 aliphatic heterocycles. The van der Waals surface area contributed by atoms with Crippen LogP contribution in [0.25, 0.3) is 0 Å². The molecule has 2 atom stereocenters. The summed E-state index contributed by atoms with van der Waals surface area (Å²) in [5.74, 6) is 0. The summed E-state index contributed by atoms with van der Waals surface area (Å²) in [5.41, 5.74) is 0.0796. The molecule has 0 spiro atoms. The van der Waals surface area contributed by atoms with Gasteiger partial charge in [-0.3, -0.25) is 9.80 Å². The Balaban J connectivity index is 2.21. The number of piperazine rings is 1. The van der Waals surface area contributed by atoms with Gasteiger partial charge >= 0.3 is 0 Å². The fourth-order valence-electron chi connectivity index (χ4n) is 2.43. The summed E-state index contributed by atoms with van der Waals surface area (Å²) in [7, 11) is 0. The van der Waals surface area contributed by atoms with Crippen LogP contribution in [0.2, 0.25) is 0 Å². The molecule has 1 rings (SSSR count). The second-order valence-corrected chi connectivity index (χ2v) is 6.88. The van der Waals surface area contributed by atoms with Crippen LogP contribution in [0.1, 0.15) is 41.0 Å². The first-order valence-electron chi connectivity index (χ1n) is 7.71. The molecule has 1 saturated heterocycles. The number of β-amino-alcohol motifs (C(OH)–C–C–N with tert-alkyl or cyclic N) is 1. The van der Waals surface area contributed by atoms with Crippen molar-refractivity contribution in [2.24, 2.45) is 0 Å². The van der Waals surface area contributed by atoms with E-state index in [1.165, 1.54) is 6.42 Å². The molecule has 2 unspecified atom stereocenters. The van der Waals surface area contributed by atoms with Gasteiger partial charge in [0.05, 0.1) is 6.10 Å². The Morgan fingerprint density at radius 1 is 1.16 bits per heavy atom. The highest BCUT2D eigenvalue weighted by Crippen LogP contribution is 2.09. The van der Waals surface area contributed by atoms with Crippen molar-refractivity contribution in [1.29, 1.82) is 0 Å². The molecule has 0 saturated carbocycles. The number of hydrogen-bond donors (Lipinski definition) is 2. The summed E-state index contributed by atoms with van der Waals surface area (Å²) in [6.45, 7) is 16.8. The predicted octanol–water partition coefficient (Wildman–Crippen LogP) is 1.15. The Kier molecular flexibility index (Phi) is 6.74. The average Bonchev–Trinajstić information content (AvgIpc) is 2.35. The zero-order valence-corrected chi connectivity index (χ0v) is 13.4. The van der Waals surface area contributed by atoms with Gasteiger partial charge in [-0.1, -0.05) is 6.92 Å². The third-order valence-corrected chi connectivity index (χ3v) is 3.96. The van der Waals surface area contributed by atoms with Crippen molar-refractivity contribution in [1.82, 2.24) is 15.1 Å². The first-order chi connectivity index (χ1) is 8.81. The molecule has 19 heavy (non-hydrogen) atoms. The summed E-state index contributed by atoms with van der Waals surface area (Å²) < 4.78 is 0. The highest BCUT2D eigenvalue weighted by molar-refractivity contribution is 4.79. The van der Waals surface area contributed by atoms with E-state index < -0.39 is 0 Å². The van der Waals surface area contributed by atoms with Gasteiger partial charge in [0.15, 0.2) is 0 Å². The highest BCUT2D eigenvalue weighted by Gasteiger charge is 2.22. The molecule has 4 heteroatoms. The SMILES string of the molecule is CCC(C)N1CCN(CC(O)CNC(C)(C)C)CC1. The van der Waals surface area contributed by atoms with Gasteiger partial charge in [-0.25, -0.2) is 0 Å². The Bertz CT molecular complexity index is 244. The topological polar surface area (TPSA) is 38.7 Å². The molecule has 1 heterocycles. The van der Waals surface area contributed by atoms with Crippen molar-refractivity contribution in [3.8, 4) is 0 Å². The zero-order chi connectivity index (χ0) is 14.5. The van der Waals surface area contributed by atoms with Crippen LogP contribution in [0.4, 0.5) is 0 Å². The lowest BCUT2D eigenvalue weighted by atomic mass is 10.1. The fourth-order valence-corrected chi connectivity index (χ4v) is 2.43. The second-order valence-electron chi connectivity index (χ2n) is 6.88. The van der Waals surface area contributed by atoms with Crippen LogP contribution in [0, 0.1) is 0 Å². The standard InChI is InChI=1S/C15H33N3O/c1-6-13(2)18-9-7-17(8-10-18)12-14(19)11-16-15(3,4)5/h13-14,16,19H,6-12H2,1-5H3. The van der Waals surface area contributed by atoms with Gasteiger partial charge in [-0.05, 0) is 34.1 Å². The van der Waals surface area contributed by atoms with Crippen molar-refractivity contribution < 1.29 is 5.11 Å². The Morgan fingerprint density at radius 2 is 1.74 bits per heavy atom. The van der Waals surface area contributed by atoms with E-state index in [1.54, 1.807) is 0 Å². The number of hydrogen-bond acceptors (Lipinski definition) is 4. The molecule has 0 aromatic heterocycles. The largest absolute Gasteiger partial charge is 0.390 e. The van der Waals surface area contributed by atoms with E-state index >= 15 is 0 Å². The van der Waals surface area contributed by atoms with Crippen molar-refractivity contribution in [3.05, 3.63) is 0 Å². The van der Waals surface area contributed by atoms with Gasteiger partial charge in [0.2, 0.25) is 0 Å². The fraction of sp³-hybridized carbons (Fsp3) is 1.00. The molecule has 0 amide bonds. The lowest BCUT2D eigenvalue weighted by Crippen LogP contribution is -2.52. The molecule has 0 aromatic rings. The summed E-state index contributed by atoms with van der Waals surface area (Å²) >= 11 is 0. The number of nitrogens with one attached hydrogen (secondary N) is 1. The van der Waals surface area contributed by atoms with Crippen LogP contribution in [0.15, 0.2) is 0 Å². The Hall–Kier alpha value is -0.160. The Morgan fingerprint density at radius 3 is 2.21 bits per heavy atom. The maximum atomic E-state index is 10.1. The van der Waals surface area contributed by atoms with Crippen molar-refractivity contribution in [2.45, 2.75) is 58.7 Å². The predicted molar refractivity (Wildman–Crippen MR) is 81.5 cm³/mol. The van der Waals surface area contributed by atoms with Gasteiger partial charge in [-0.15, -0.1) is 0 Å². The van der Waals surface area contributed by atoms with Crippen LogP contribution in [-0.4, -0.2) is 71.9 Å². The normalized spacial score (nSPS) is 22.4. The van der Waals surface area contributed by atoms with E-state index in [2.05, 4.69) is 49.7 Å². The summed E-state index contributed by atoms with van der Waals surface area (Å²) in [4.78, 5) is 4.93. The lowest BCUT2D eigenvalue weighted by Gasteiger charge is -2.38. The van der Waals surface area contributed by atoms with E-state index in [0.29, 0.717) is 12.6 Å². The molecule has 0 aliphatic carbocycles. The smallest absolute Gasteiger partial charge is 0.0791 e. The third-order valence-electron chi connectivity index (χ3n) is 3.96. The molecular weight excluding hydrogens is 238 g/mol. The minimum absolute atomic E-state index is 0.0796. The van der Waals surface area contributed by atoms with Crippen LogP contribution >= 0.6 is 0 Å². The van der Waals surface area contributed by atoms with Crippen LogP contribution < -0.4 is 5.32 Å². The first kappa shape index (κ1) is 16.9. The Labute approximate surface area is 119 Å².